The quantitative estimate of drug-likeness (QED) is 0.572. The Hall–Kier alpha value is -2.68. The molecular weight excluding hydrogens is 450 g/mol. The molecule has 1 heterocycles. The molecule has 7 nitrogen and oxygen atoms in total. The lowest BCUT2D eigenvalue weighted by atomic mass is 10.1. The molecule has 170 valence electrons. The topological polar surface area (TPSA) is 95.6 Å². The van der Waals surface area contributed by atoms with Gasteiger partial charge in [0.15, 0.2) is 0 Å². The number of piperidine rings is 1. The van der Waals surface area contributed by atoms with Gasteiger partial charge >= 0.3 is 0 Å². The van der Waals surface area contributed by atoms with Gasteiger partial charge in [-0.15, -0.1) is 0 Å². The Kier molecular flexibility index (Phi) is 8.06. The maximum Gasteiger partial charge on any atom is 0.244 e. The molecule has 1 saturated heterocycles. The number of sulfonamides is 1. The van der Waals surface area contributed by atoms with Crippen molar-refractivity contribution in [2.24, 2.45) is 0 Å². The first-order valence-electron chi connectivity index (χ1n) is 10.4. The predicted octanol–water partition coefficient (Wildman–Crippen LogP) is 3.37. The number of aryl methyl sites for hydroxylation is 1. The van der Waals surface area contributed by atoms with E-state index >= 15 is 0 Å². The fourth-order valence-corrected chi connectivity index (χ4v) is 5.54. The van der Waals surface area contributed by atoms with Crippen molar-refractivity contribution in [3.8, 4) is 0 Å². The molecule has 0 aromatic heterocycles. The van der Waals surface area contributed by atoms with Crippen molar-refractivity contribution in [1.29, 1.82) is 0 Å². The smallest absolute Gasteiger partial charge is 0.244 e. The molecule has 3 rings (SSSR count). The summed E-state index contributed by atoms with van der Waals surface area (Å²) in [5.41, 5.74) is 1.51. The van der Waals surface area contributed by atoms with Gasteiger partial charge in [0.2, 0.25) is 21.8 Å². The Morgan fingerprint density at radius 2 is 1.81 bits per heavy atom. The van der Waals surface area contributed by atoms with Gasteiger partial charge in [0.1, 0.15) is 4.90 Å². The average molecular weight is 476 g/mol. The molecule has 0 radical (unpaired) electrons. The van der Waals surface area contributed by atoms with E-state index in [-0.39, 0.29) is 40.9 Å². The second kappa shape index (κ2) is 10.8. The van der Waals surface area contributed by atoms with Crippen LogP contribution in [0.2, 0.25) is 5.02 Å². The third kappa shape index (κ3) is 6.18. The number of benzene rings is 2. The summed E-state index contributed by atoms with van der Waals surface area (Å²) >= 11 is 6.28. The lowest BCUT2D eigenvalue weighted by Gasteiger charge is -2.31. The molecule has 2 aromatic rings. The summed E-state index contributed by atoms with van der Waals surface area (Å²) in [6.45, 7) is 3.97. The maximum absolute atomic E-state index is 13.0. The van der Waals surface area contributed by atoms with E-state index in [0.717, 1.165) is 5.56 Å². The van der Waals surface area contributed by atoms with E-state index < -0.39 is 10.0 Å². The second-order valence-corrected chi connectivity index (χ2v) is 9.88. The number of nitrogens with zero attached hydrogens (tertiary/aromatic N) is 1. The molecule has 9 heteroatoms. The maximum atomic E-state index is 13.0. The van der Waals surface area contributed by atoms with Crippen LogP contribution in [0.15, 0.2) is 66.1 Å². The van der Waals surface area contributed by atoms with Crippen LogP contribution in [0.5, 0.6) is 0 Å². The molecule has 1 fully saturated rings. The summed E-state index contributed by atoms with van der Waals surface area (Å²) < 4.78 is 27.4. The molecule has 2 aromatic carbocycles. The summed E-state index contributed by atoms with van der Waals surface area (Å²) in [5, 5.41) is 5.60. The second-order valence-electron chi connectivity index (χ2n) is 7.57. The number of amides is 2. The van der Waals surface area contributed by atoms with Crippen molar-refractivity contribution in [2.45, 2.75) is 36.6 Å². The molecule has 1 aliphatic rings. The van der Waals surface area contributed by atoms with Gasteiger partial charge in [-0.25, -0.2) is 8.42 Å². The molecule has 32 heavy (non-hydrogen) atoms. The highest BCUT2D eigenvalue weighted by Crippen LogP contribution is 2.29. The fourth-order valence-electron chi connectivity index (χ4n) is 3.55. The van der Waals surface area contributed by atoms with E-state index in [2.05, 4.69) is 17.2 Å². The van der Waals surface area contributed by atoms with E-state index in [1.165, 1.54) is 28.6 Å². The van der Waals surface area contributed by atoms with Gasteiger partial charge in [0, 0.05) is 31.2 Å². The van der Waals surface area contributed by atoms with E-state index in [4.69, 9.17) is 11.6 Å². The van der Waals surface area contributed by atoms with Gasteiger partial charge in [0.05, 0.1) is 5.02 Å². The Morgan fingerprint density at radius 1 is 1.12 bits per heavy atom. The highest BCUT2D eigenvalue weighted by Gasteiger charge is 2.31. The normalized spacial score (nSPS) is 15.2. The standard InChI is InChI=1S/C23H26ClN3O4S/c1-2-22(28)25-18-12-14-27(15-13-18)32(30,31)21-10-9-19(16-20(21)24)26-23(29)11-8-17-6-4-3-5-7-17/h2-7,9-10,16,18H,1,8,11-15H2,(H,25,28)(H,26,29). The minimum absolute atomic E-state index is 0.00460. The van der Waals surface area contributed by atoms with Crippen molar-refractivity contribution < 1.29 is 18.0 Å². The SMILES string of the molecule is C=CC(=O)NC1CCN(S(=O)(=O)c2ccc(NC(=O)CCc3ccccc3)cc2Cl)CC1. The van der Waals surface area contributed by atoms with Crippen molar-refractivity contribution in [2.75, 3.05) is 18.4 Å². The zero-order valence-electron chi connectivity index (χ0n) is 17.6. The van der Waals surface area contributed by atoms with Gasteiger partial charge < -0.3 is 10.6 Å². The predicted molar refractivity (Wildman–Crippen MR) is 125 cm³/mol. The van der Waals surface area contributed by atoms with Crippen LogP contribution >= 0.6 is 11.6 Å². The Bertz CT molecular complexity index is 1080. The Balaban J connectivity index is 1.59. The van der Waals surface area contributed by atoms with E-state index in [1.54, 1.807) is 0 Å². The van der Waals surface area contributed by atoms with E-state index in [0.29, 0.717) is 31.4 Å². The van der Waals surface area contributed by atoms with Crippen LogP contribution in [0.25, 0.3) is 0 Å². The fraction of sp³-hybridized carbons (Fsp3) is 0.304. The summed E-state index contributed by atoms with van der Waals surface area (Å²) in [6.07, 6.45) is 3.12. The lowest BCUT2D eigenvalue weighted by molar-refractivity contribution is -0.117. The number of hydrogen-bond acceptors (Lipinski definition) is 4. The Labute approximate surface area is 193 Å². The third-order valence-corrected chi connectivity index (χ3v) is 7.68. The molecule has 0 spiro atoms. The van der Waals surface area contributed by atoms with Gasteiger partial charge in [-0.05, 0) is 49.1 Å². The lowest BCUT2D eigenvalue weighted by Crippen LogP contribution is -2.46. The van der Waals surface area contributed by atoms with Crippen molar-refractivity contribution in [1.82, 2.24) is 9.62 Å². The number of hydrogen-bond donors (Lipinski definition) is 2. The van der Waals surface area contributed by atoms with Gasteiger partial charge in [-0.1, -0.05) is 48.5 Å². The van der Waals surface area contributed by atoms with Gasteiger partial charge in [-0.3, -0.25) is 9.59 Å². The van der Waals surface area contributed by atoms with Crippen LogP contribution in [0.1, 0.15) is 24.8 Å². The van der Waals surface area contributed by atoms with E-state index in [9.17, 15) is 18.0 Å². The third-order valence-electron chi connectivity index (χ3n) is 5.30. The summed E-state index contributed by atoms with van der Waals surface area (Å²) in [5.74, 6) is -0.445. The van der Waals surface area contributed by atoms with Crippen molar-refractivity contribution in [3.05, 3.63) is 71.8 Å². The van der Waals surface area contributed by atoms with E-state index in [1.807, 2.05) is 30.3 Å². The van der Waals surface area contributed by atoms with Crippen LogP contribution in [-0.4, -0.2) is 43.7 Å². The number of anilines is 1. The average Bonchev–Trinajstić information content (AvgIpc) is 2.78. The number of carbonyl (C=O) groups is 2. The molecule has 0 aliphatic carbocycles. The molecule has 2 amide bonds. The monoisotopic (exact) mass is 475 g/mol. The van der Waals surface area contributed by atoms with Gasteiger partial charge in [0.25, 0.3) is 0 Å². The first kappa shape index (κ1) is 24.0. The minimum atomic E-state index is -3.79. The number of halogens is 1. The number of rotatable bonds is 8. The summed E-state index contributed by atoms with van der Waals surface area (Å²) in [7, 11) is -3.79. The zero-order valence-corrected chi connectivity index (χ0v) is 19.2. The summed E-state index contributed by atoms with van der Waals surface area (Å²) in [4.78, 5) is 23.7. The largest absolute Gasteiger partial charge is 0.350 e. The highest BCUT2D eigenvalue weighted by atomic mass is 35.5. The number of carbonyl (C=O) groups excluding carboxylic acids is 2. The molecular formula is C23H26ClN3O4S. The van der Waals surface area contributed by atoms with Crippen LogP contribution in [0, 0.1) is 0 Å². The first-order valence-corrected chi connectivity index (χ1v) is 12.2. The molecule has 0 atom stereocenters. The van der Waals surface area contributed by atoms with Crippen LogP contribution in [0.4, 0.5) is 5.69 Å². The molecule has 0 unspecified atom stereocenters. The van der Waals surface area contributed by atoms with Crippen LogP contribution in [-0.2, 0) is 26.0 Å². The van der Waals surface area contributed by atoms with Crippen LogP contribution in [0.3, 0.4) is 0 Å². The molecule has 0 saturated carbocycles. The molecule has 0 bridgehead atoms. The van der Waals surface area contributed by atoms with Gasteiger partial charge in [-0.2, -0.15) is 4.31 Å². The zero-order chi connectivity index (χ0) is 23.1. The Morgan fingerprint density at radius 3 is 2.44 bits per heavy atom. The molecule has 1 aliphatic heterocycles. The first-order chi connectivity index (χ1) is 15.3. The van der Waals surface area contributed by atoms with Crippen molar-refractivity contribution in [3.63, 3.8) is 0 Å². The van der Waals surface area contributed by atoms with Crippen molar-refractivity contribution >= 4 is 39.1 Å². The minimum Gasteiger partial charge on any atom is -0.350 e. The summed E-state index contributed by atoms with van der Waals surface area (Å²) in [6, 6.07) is 14.0. The number of nitrogens with one attached hydrogen (secondary N) is 2. The molecule has 2 N–H and O–H groups in total. The highest BCUT2D eigenvalue weighted by molar-refractivity contribution is 7.89. The van der Waals surface area contributed by atoms with Crippen LogP contribution < -0.4 is 10.6 Å².